The van der Waals surface area contributed by atoms with E-state index in [1.54, 1.807) is 16.9 Å². The topological polar surface area (TPSA) is 46.9 Å². The molecule has 6 heteroatoms. The number of aromatic nitrogens is 2. The SMILES string of the molecule is Cc1ccc(Cn2nccc2NC(=O)c2ccc(F)c(F)c2)cc1. The Balaban J connectivity index is 1.76. The summed E-state index contributed by atoms with van der Waals surface area (Å²) in [6, 6.07) is 12.6. The van der Waals surface area contributed by atoms with Gasteiger partial charge in [0.05, 0.1) is 12.7 Å². The highest BCUT2D eigenvalue weighted by Gasteiger charge is 2.12. The van der Waals surface area contributed by atoms with Crippen LogP contribution < -0.4 is 5.32 Å². The maximum Gasteiger partial charge on any atom is 0.256 e. The lowest BCUT2D eigenvalue weighted by molar-refractivity contribution is 0.102. The van der Waals surface area contributed by atoms with Crippen molar-refractivity contribution in [2.75, 3.05) is 5.32 Å². The van der Waals surface area contributed by atoms with Gasteiger partial charge in [-0.3, -0.25) is 4.79 Å². The van der Waals surface area contributed by atoms with Crippen molar-refractivity contribution in [2.45, 2.75) is 13.5 Å². The molecule has 3 aromatic rings. The second kappa shape index (κ2) is 6.62. The standard InChI is InChI=1S/C18H15F2N3O/c1-12-2-4-13(5-3-12)11-23-17(8-9-21-23)22-18(24)14-6-7-15(19)16(20)10-14/h2-10H,11H2,1H3,(H,22,24). The Hall–Kier alpha value is -3.02. The highest BCUT2D eigenvalue weighted by molar-refractivity contribution is 6.03. The lowest BCUT2D eigenvalue weighted by Gasteiger charge is -2.09. The molecule has 0 spiro atoms. The van der Waals surface area contributed by atoms with Crippen molar-refractivity contribution < 1.29 is 13.6 Å². The highest BCUT2D eigenvalue weighted by Crippen LogP contribution is 2.14. The van der Waals surface area contributed by atoms with Gasteiger partial charge in [0.2, 0.25) is 0 Å². The van der Waals surface area contributed by atoms with E-state index < -0.39 is 17.5 Å². The number of carbonyl (C=O) groups excluding carboxylic acids is 1. The molecule has 1 N–H and O–H groups in total. The fourth-order valence-corrected chi connectivity index (χ4v) is 2.26. The van der Waals surface area contributed by atoms with Crippen LogP contribution in [-0.2, 0) is 6.54 Å². The maximum absolute atomic E-state index is 13.2. The molecule has 0 unspecified atom stereocenters. The molecular weight excluding hydrogens is 312 g/mol. The number of halogens is 2. The summed E-state index contributed by atoms with van der Waals surface area (Å²) in [5.41, 5.74) is 2.23. The molecule has 0 fully saturated rings. The quantitative estimate of drug-likeness (QED) is 0.793. The van der Waals surface area contributed by atoms with Gasteiger partial charge < -0.3 is 5.32 Å². The molecule has 1 heterocycles. The van der Waals surface area contributed by atoms with Crippen molar-refractivity contribution in [1.29, 1.82) is 0 Å². The van der Waals surface area contributed by atoms with Crippen LogP contribution in [0.25, 0.3) is 0 Å². The van der Waals surface area contributed by atoms with Crippen LogP contribution in [-0.4, -0.2) is 15.7 Å². The van der Waals surface area contributed by atoms with E-state index in [0.29, 0.717) is 12.4 Å². The predicted molar refractivity (Wildman–Crippen MR) is 86.8 cm³/mol. The molecule has 0 aliphatic rings. The smallest absolute Gasteiger partial charge is 0.256 e. The van der Waals surface area contributed by atoms with Gasteiger partial charge in [0.25, 0.3) is 5.91 Å². The van der Waals surface area contributed by atoms with Gasteiger partial charge in [-0.1, -0.05) is 29.8 Å². The third-order valence-corrected chi connectivity index (χ3v) is 3.59. The average Bonchev–Trinajstić information content (AvgIpc) is 2.99. The van der Waals surface area contributed by atoms with Crippen LogP contribution in [0.2, 0.25) is 0 Å². The number of hydrogen-bond acceptors (Lipinski definition) is 2. The van der Waals surface area contributed by atoms with E-state index >= 15 is 0 Å². The Bertz CT molecular complexity index is 872. The predicted octanol–water partition coefficient (Wildman–Crippen LogP) is 3.77. The van der Waals surface area contributed by atoms with Crippen molar-refractivity contribution in [2.24, 2.45) is 0 Å². The third-order valence-electron chi connectivity index (χ3n) is 3.59. The average molecular weight is 327 g/mol. The van der Waals surface area contributed by atoms with Crippen LogP contribution in [0.1, 0.15) is 21.5 Å². The zero-order valence-electron chi connectivity index (χ0n) is 13.0. The van der Waals surface area contributed by atoms with Crippen molar-refractivity contribution >= 4 is 11.7 Å². The van der Waals surface area contributed by atoms with Crippen LogP contribution in [0.3, 0.4) is 0 Å². The highest BCUT2D eigenvalue weighted by atomic mass is 19.2. The number of rotatable bonds is 4. The second-order valence-electron chi connectivity index (χ2n) is 5.44. The van der Waals surface area contributed by atoms with Gasteiger partial charge in [0.1, 0.15) is 5.82 Å². The van der Waals surface area contributed by atoms with Gasteiger partial charge in [-0.25, -0.2) is 13.5 Å². The molecule has 1 amide bonds. The monoisotopic (exact) mass is 327 g/mol. The fraction of sp³-hybridized carbons (Fsp3) is 0.111. The number of anilines is 1. The van der Waals surface area contributed by atoms with Crippen LogP contribution in [0.4, 0.5) is 14.6 Å². The molecule has 0 atom stereocenters. The van der Waals surface area contributed by atoms with Gasteiger partial charge >= 0.3 is 0 Å². The molecule has 0 aliphatic carbocycles. The first-order valence-electron chi connectivity index (χ1n) is 7.37. The summed E-state index contributed by atoms with van der Waals surface area (Å²) >= 11 is 0. The van der Waals surface area contributed by atoms with E-state index in [4.69, 9.17) is 0 Å². The Morgan fingerprint density at radius 1 is 1.08 bits per heavy atom. The summed E-state index contributed by atoms with van der Waals surface area (Å²) in [4.78, 5) is 12.2. The van der Waals surface area contributed by atoms with Gasteiger partial charge in [-0.2, -0.15) is 5.10 Å². The Labute approximate surface area is 137 Å². The van der Waals surface area contributed by atoms with E-state index in [2.05, 4.69) is 10.4 Å². The van der Waals surface area contributed by atoms with Crippen molar-refractivity contribution in [3.63, 3.8) is 0 Å². The van der Waals surface area contributed by atoms with Gasteiger partial charge in [-0.05, 0) is 30.7 Å². The van der Waals surface area contributed by atoms with Gasteiger partial charge in [0.15, 0.2) is 11.6 Å². The number of hydrogen-bond donors (Lipinski definition) is 1. The molecule has 0 saturated carbocycles. The zero-order valence-corrected chi connectivity index (χ0v) is 13.0. The normalized spacial score (nSPS) is 10.6. The van der Waals surface area contributed by atoms with E-state index in [-0.39, 0.29) is 5.56 Å². The first kappa shape index (κ1) is 15.9. The van der Waals surface area contributed by atoms with Crippen molar-refractivity contribution in [3.05, 3.63) is 83.1 Å². The molecule has 3 rings (SSSR count). The van der Waals surface area contributed by atoms with Gasteiger partial charge in [0, 0.05) is 11.6 Å². The molecule has 0 saturated heterocycles. The van der Waals surface area contributed by atoms with E-state index in [1.165, 1.54) is 6.07 Å². The Kier molecular flexibility index (Phi) is 4.37. The van der Waals surface area contributed by atoms with Crippen LogP contribution >= 0.6 is 0 Å². The fourth-order valence-electron chi connectivity index (χ4n) is 2.26. The molecule has 0 bridgehead atoms. The second-order valence-corrected chi connectivity index (χ2v) is 5.44. The molecule has 0 radical (unpaired) electrons. The van der Waals surface area contributed by atoms with Crippen molar-refractivity contribution in [3.8, 4) is 0 Å². The lowest BCUT2D eigenvalue weighted by atomic mass is 10.1. The number of carbonyl (C=O) groups is 1. The minimum absolute atomic E-state index is 0.0389. The first-order chi connectivity index (χ1) is 11.5. The minimum Gasteiger partial charge on any atom is -0.307 e. The Morgan fingerprint density at radius 3 is 2.54 bits per heavy atom. The minimum atomic E-state index is -1.06. The van der Waals surface area contributed by atoms with E-state index in [1.807, 2.05) is 31.2 Å². The number of benzene rings is 2. The molecule has 2 aromatic carbocycles. The summed E-state index contributed by atoms with van der Waals surface area (Å²) < 4.78 is 27.8. The van der Waals surface area contributed by atoms with Crippen LogP contribution in [0.15, 0.2) is 54.7 Å². The molecule has 1 aromatic heterocycles. The molecule has 24 heavy (non-hydrogen) atoms. The zero-order chi connectivity index (χ0) is 17.1. The maximum atomic E-state index is 13.2. The summed E-state index contributed by atoms with van der Waals surface area (Å²) in [7, 11) is 0. The number of nitrogens with zero attached hydrogens (tertiary/aromatic N) is 2. The Morgan fingerprint density at radius 2 is 1.83 bits per heavy atom. The van der Waals surface area contributed by atoms with Crippen LogP contribution in [0.5, 0.6) is 0 Å². The number of nitrogens with one attached hydrogen (secondary N) is 1. The third kappa shape index (κ3) is 3.48. The number of amides is 1. The molecular formula is C18H15F2N3O. The summed E-state index contributed by atoms with van der Waals surface area (Å²) in [5, 5.41) is 6.84. The van der Waals surface area contributed by atoms with E-state index in [9.17, 15) is 13.6 Å². The molecule has 122 valence electrons. The summed E-state index contributed by atoms with van der Waals surface area (Å²) in [6.07, 6.45) is 1.56. The summed E-state index contributed by atoms with van der Waals surface area (Å²) in [5.74, 6) is -2.10. The van der Waals surface area contributed by atoms with Crippen molar-refractivity contribution in [1.82, 2.24) is 9.78 Å². The summed E-state index contributed by atoms with van der Waals surface area (Å²) in [6.45, 7) is 2.49. The first-order valence-corrected chi connectivity index (χ1v) is 7.37. The lowest BCUT2D eigenvalue weighted by Crippen LogP contribution is -2.16. The van der Waals surface area contributed by atoms with Gasteiger partial charge in [-0.15, -0.1) is 0 Å². The van der Waals surface area contributed by atoms with E-state index in [0.717, 1.165) is 23.3 Å². The van der Waals surface area contributed by atoms with Crippen LogP contribution in [0, 0.1) is 18.6 Å². The number of aryl methyl sites for hydroxylation is 1. The molecule has 0 aliphatic heterocycles. The molecule has 4 nitrogen and oxygen atoms in total. The largest absolute Gasteiger partial charge is 0.307 e.